The van der Waals surface area contributed by atoms with Gasteiger partial charge in [-0.2, -0.15) is 0 Å². The standard InChI is InChI=1S/C14H15N3OS2/c18-13(17-10-7-8-1-2-9(10)16-8)11-3-4-12(20-11)14-15-5-6-19-14/h3-6,8-10,16H,1-2,7H2,(H,17,18)/t8-,9+,10-/m1/s1. The van der Waals surface area contributed by atoms with Crippen LogP contribution in [0.2, 0.25) is 0 Å². The van der Waals surface area contributed by atoms with Crippen molar-refractivity contribution in [3.05, 3.63) is 28.6 Å². The summed E-state index contributed by atoms with van der Waals surface area (Å²) in [7, 11) is 0. The maximum atomic E-state index is 12.3. The Balaban J connectivity index is 1.46. The monoisotopic (exact) mass is 305 g/mol. The zero-order valence-corrected chi connectivity index (χ0v) is 12.5. The molecule has 0 radical (unpaired) electrons. The third-order valence-electron chi connectivity index (χ3n) is 4.09. The number of amides is 1. The van der Waals surface area contributed by atoms with Gasteiger partial charge in [0.25, 0.3) is 5.91 Å². The molecule has 2 aliphatic heterocycles. The lowest BCUT2D eigenvalue weighted by Gasteiger charge is -2.20. The van der Waals surface area contributed by atoms with E-state index in [1.165, 1.54) is 24.2 Å². The summed E-state index contributed by atoms with van der Waals surface area (Å²) in [6.07, 6.45) is 5.30. The second-order valence-corrected chi connectivity index (χ2v) is 7.34. The lowest BCUT2D eigenvalue weighted by molar-refractivity contribution is 0.0935. The first-order chi connectivity index (χ1) is 9.79. The number of hydrogen-bond donors (Lipinski definition) is 2. The quantitative estimate of drug-likeness (QED) is 0.916. The molecule has 2 aliphatic rings. The van der Waals surface area contributed by atoms with Crippen molar-refractivity contribution in [2.24, 2.45) is 0 Å². The molecule has 2 fully saturated rings. The Bertz CT molecular complexity index is 622. The molecular formula is C14H15N3OS2. The Morgan fingerprint density at radius 3 is 3.05 bits per heavy atom. The van der Waals surface area contributed by atoms with Crippen LogP contribution < -0.4 is 10.6 Å². The number of nitrogens with zero attached hydrogens (tertiary/aromatic N) is 1. The van der Waals surface area contributed by atoms with Gasteiger partial charge in [0, 0.05) is 29.7 Å². The predicted molar refractivity (Wildman–Crippen MR) is 81.2 cm³/mol. The van der Waals surface area contributed by atoms with Gasteiger partial charge in [0.1, 0.15) is 5.01 Å². The van der Waals surface area contributed by atoms with Gasteiger partial charge in [-0.1, -0.05) is 0 Å². The van der Waals surface area contributed by atoms with Gasteiger partial charge in [0.2, 0.25) is 0 Å². The van der Waals surface area contributed by atoms with E-state index in [0.29, 0.717) is 18.1 Å². The van der Waals surface area contributed by atoms with Crippen molar-refractivity contribution in [2.75, 3.05) is 0 Å². The van der Waals surface area contributed by atoms with Gasteiger partial charge >= 0.3 is 0 Å². The van der Waals surface area contributed by atoms with E-state index in [2.05, 4.69) is 15.6 Å². The van der Waals surface area contributed by atoms with Gasteiger partial charge in [-0.05, 0) is 31.4 Å². The fourth-order valence-electron chi connectivity index (χ4n) is 3.14. The zero-order chi connectivity index (χ0) is 13.5. The highest BCUT2D eigenvalue weighted by atomic mass is 32.1. The third-order valence-corrected chi connectivity index (χ3v) is 6.12. The molecule has 0 aliphatic carbocycles. The number of aromatic nitrogens is 1. The van der Waals surface area contributed by atoms with Crippen LogP contribution in [0.3, 0.4) is 0 Å². The first kappa shape index (κ1) is 12.5. The van der Waals surface area contributed by atoms with Crippen LogP contribution in [0.15, 0.2) is 23.7 Å². The average Bonchev–Trinajstić information content (AvgIpc) is 3.21. The van der Waals surface area contributed by atoms with E-state index >= 15 is 0 Å². The van der Waals surface area contributed by atoms with Crippen LogP contribution in [0.1, 0.15) is 28.9 Å². The van der Waals surface area contributed by atoms with Crippen molar-refractivity contribution < 1.29 is 4.79 Å². The van der Waals surface area contributed by atoms with Crippen LogP contribution in [0.4, 0.5) is 0 Å². The van der Waals surface area contributed by atoms with Gasteiger partial charge in [-0.25, -0.2) is 4.98 Å². The van der Waals surface area contributed by atoms with Crippen LogP contribution in [0, 0.1) is 0 Å². The minimum Gasteiger partial charge on any atom is -0.347 e. The summed E-state index contributed by atoms with van der Waals surface area (Å²) in [6.45, 7) is 0. The van der Waals surface area contributed by atoms with Crippen molar-refractivity contribution >= 4 is 28.6 Å². The second-order valence-electron chi connectivity index (χ2n) is 5.36. The number of hydrogen-bond acceptors (Lipinski definition) is 5. The Kier molecular flexibility index (Phi) is 3.09. The van der Waals surface area contributed by atoms with Crippen LogP contribution in [0.25, 0.3) is 9.88 Å². The number of carbonyl (C=O) groups is 1. The first-order valence-electron chi connectivity index (χ1n) is 6.86. The lowest BCUT2D eigenvalue weighted by atomic mass is 9.95. The summed E-state index contributed by atoms with van der Waals surface area (Å²) in [5, 5.41) is 9.66. The molecule has 2 aromatic rings. The Hall–Kier alpha value is -1.24. The summed E-state index contributed by atoms with van der Waals surface area (Å²) < 4.78 is 0. The molecule has 0 saturated carbocycles. The average molecular weight is 305 g/mol. The smallest absolute Gasteiger partial charge is 0.261 e. The molecule has 20 heavy (non-hydrogen) atoms. The summed E-state index contributed by atoms with van der Waals surface area (Å²) in [4.78, 5) is 18.4. The van der Waals surface area contributed by atoms with E-state index in [1.54, 1.807) is 17.5 Å². The maximum Gasteiger partial charge on any atom is 0.261 e. The van der Waals surface area contributed by atoms with Crippen molar-refractivity contribution in [3.8, 4) is 9.88 Å². The summed E-state index contributed by atoms with van der Waals surface area (Å²) >= 11 is 3.12. The van der Waals surface area contributed by atoms with Crippen LogP contribution in [0.5, 0.6) is 0 Å². The minimum atomic E-state index is 0.0529. The maximum absolute atomic E-state index is 12.3. The van der Waals surface area contributed by atoms with Crippen molar-refractivity contribution in [3.63, 3.8) is 0 Å². The molecule has 0 unspecified atom stereocenters. The molecule has 1 amide bonds. The van der Waals surface area contributed by atoms with Crippen LogP contribution >= 0.6 is 22.7 Å². The van der Waals surface area contributed by atoms with Crippen LogP contribution in [-0.4, -0.2) is 29.0 Å². The fraction of sp³-hybridized carbons (Fsp3) is 0.429. The van der Waals surface area contributed by atoms with E-state index in [1.807, 2.05) is 17.5 Å². The molecule has 3 atom stereocenters. The van der Waals surface area contributed by atoms with Gasteiger partial charge in [0.05, 0.1) is 9.75 Å². The van der Waals surface area contributed by atoms with E-state index in [0.717, 1.165) is 21.2 Å². The topological polar surface area (TPSA) is 54.0 Å². The molecule has 4 nitrogen and oxygen atoms in total. The van der Waals surface area contributed by atoms with Crippen LogP contribution in [-0.2, 0) is 0 Å². The Labute approximate surface area is 125 Å². The first-order valence-corrected chi connectivity index (χ1v) is 8.56. The summed E-state index contributed by atoms with van der Waals surface area (Å²) in [6, 6.07) is 5.27. The molecule has 2 saturated heterocycles. The lowest BCUT2D eigenvalue weighted by Crippen LogP contribution is -2.42. The van der Waals surface area contributed by atoms with Gasteiger partial charge < -0.3 is 10.6 Å². The van der Waals surface area contributed by atoms with Crippen molar-refractivity contribution in [1.29, 1.82) is 0 Å². The largest absolute Gasteiger partial charge is 0.347 e. The summed E-state index contributed by atoms with van der Waals surface area (Å²) in [5.41, 5.74) is 0. The molecule has 2 aromatic heterocycles. The normalized spacial score (nSPS) is 27.9. The molecular weight excluding hydrogens is 290 g/mol. The molecule has 104 valence electrons. The number of rotatable bonds is 3. The van der Waals surface area contributed by atoms with E-state index in [-0.39, 0.29) is 5.91 Å². The SMILES string of the molecule is O=C(N[C@@H]1C[C@H]2CC[C@@H]1N2)c1ccc(-c2nccs2)s1. The summed E-state index contributed by atoms with van der Waals surface area (Å²) in [5.74, 6) is 0.0529. The number of thiophene rings is 1. The van der Waals surface area contributed by atoms with E-state index in [4.69, 9.17) is 0 Å². The van der Waals surface area contributed by atoms with Gasteiger partial charge in [-0.3, -0.25) is 4.79 Å². The molecule has 2 bridgehead atoms. The number of thiazole rings is 1. The number of fused-ring (bicyclic) bond motifs is 2. The van der Waals surface area contributed by atoms with E-state index in [9.17, 15) is 4.79 Å². The Morgan fingerprint density at radius 1 is 1.40 bits per heavy atom. The molecule has 2 N–H and O–H groups in total. The predicted octanol–water partition coefficient (Wildman–Crippen LogP) is 2.49. The molecule has 4 heterocycles. The van der Waals surface area contributed by atoms with Gasteiger partial charge in [0.15, 0.2) is 0 Å². The minimum absolute atomic E-state index is 0.0529. The highest BCUT2D eigenvalue weighted by molar-refractivity contribution is 7.22. The number of carbonyl (C=O) groups excluding carboxylic acids is 1. The highest BCUT2D eigenvalue weighted by Gasteiger charge is 2.39. The molecule has 0 aromatic carbocycles. The molecule has 6 heteroatoms. The van der Waals surface area contributed by atoms with Crippen molar-refractivity contribution in [1.82, 2.24) is 15.6 Å². The number of nitrogens with one attached hydrogen (secondary N) is 2. The zero-order valence-electron chi connectivity index (χ0n) is 10.8. The van der Waals surface area contributed by atoms with Gasteiger partial charge in [-0.15, -0.1) is 22.7 Å². The fourth-order valence-corrected chi connectivity index (χ4v) is 4.77. The molecule has 4 rings (SSSR count). The molecule has 0 spiro atoms. The van der Waals surface area contributed by atoms with Crippen molar-refractivity contribution in [2.45, 2.75) is 37.4 Å². The second kappa shape index (κ2) is 4.95. The Morgan fingerprint density at radius 2 is 2.35 bits per heavy atom. The third kappa shape index (κ3) is 2.17. The van der Waals surface area contributed by atoms with E-state index < -0.39 is 0 Å². The highest BCUT2D eigenvalue weighted by Crippen LogP contribution is 2.31.